The highest BCUT2D eigenvalue weighted by Crippen LogP contribution is 2.43. The van der Waals surface area contributed by atoms with Gasteiger partial charge in [0, 0.05) is 18.6 Å². The van der Waals surface area contributed by atoms with Crippen LogP contribution in [-0.4, -0.2) is 51.8 Å². The van der Waals surface area contributed by atoms with E-state index in [1.165, 1.54) is 5.56 Å². The van der Waals surface area contributed by atoms with Crippen LogP contribution in [0.4, 0.5) is 0 Å². The van der Waals surface area contributed by atoms with E-state index in [0.29, 0.717) is 36.0 Å². The van der Waals surface area contributed by atoms with Crippen molar-refractivity contribution in [2.45, 2.75) is 44.8 Å². The molecule has 1 N–H and O–H groups in total. The van der Waals surface area contributed by atoms with E-state index in [0.717, 1.165) is 23.1 Å². The summed E-state index contributed by atoms with van der Waals surface area (Å²) in [6, 6.07) is 19.6. The average molecular weight is 519 g/mol. The van der Waals surface area contributed by atoms with Gasteiger partial charge in [-0.05, 0) is 73.2 Å². The average Bonchev–Trinajstić information content (AvgIpc) is 2.93. The Labute approximate surface area is 225 Å². The third kappa shape index (κ3) is 5.73. The predicted octanol–water partition coefficient (Wildman–Crippen LogP) is 5.13. The second kappa shape index (κ2) is 12.2. The molecule has 4 rings (SSSR count). The minimum atomic E-state index is -0.454. The van der Waals surface area contributed by atoms with E-state index in [2.05, 4.69) is 28.4 Å². The van der Waals surface area contributed by atoms with Gasteiger partial charge in [0.05, 0.1) is 28.4 Å². The van der Waals surface area contributed by atoms with Gasteiger partial charge in [-0.3, -0.25) is 9.69 Å². The molecule has 3 aromatic rings. The maximum atomic E-state index is 13.7. The summed E-state index contributed by atoms with van der Waals surface area (Å²) in [7, 11) is 6.58. The Hall–Kier alpha value is -3.71. The van der Waals surface area contributed by atoms with Gasteiger partial charge < -0.3 is 24.3 Å². The Morgan fingerprint density at radius 1 is 0.868 bits per heavy atom. The van der Waals surface area contributed by atoms with Crippen LogP contribution in [0.1, 0.15) is 48.2 Å². The number of hydrogen-bond donors (Lipinski definition) is 1. The van der Waals surface area contributed by atoms with Gasteiger partial charge in [0.1, 0.15) is 6.04 Å². The molecule has 38 heavy (non-hydrogen) atoms. The van der Waals surface area contributed by atoms with E-state index in [4.69, 9.17) is 18.9 Å². The Morgan fingerprint density at radius 2 is 1.50 bits per heavy atom. The molecule has 3 aromatic carbocycles. The first-order valence-electron chi connectivity index (χ1n) is 13.0. The molecule has 0 radical (unpaired) electrons. The number of ether oxygens (including phenoxy) is 4. The minimum absolute atomic E-state index is 0.00700. The zero-order valence-corrected chi connectivity index (χ0v) is 23.1. The Bertz CT molecular complexity index is 1240. The molecule has 1 aliphatic rings. The standard InChI is InChI=1S/C31H38N2O5/c1-20(2)32-31(34)30(22-10-8-7-9-11-22)33-15-14-23-18-28(37-5)29(38-6)19-24(23)25(33)16-21-12-13-26(35-3)27(17-21)36-4/h7-13,17-20,25,30H,14-16H2,1-6H3,(H,32,34)/t25-,30-/m1/s1. The van der Waals surface area contributed by atoms with Crippen molar-refractivity contribution >= 4 is 5.91 Å². The molecule has 7 heteroatoms. The van der Waals surface area contributed by atoms with E-state index in [1.54, 1.807) is 28.4 Å². The van der Waals surface area contributed by atoms with Crippen LogP contribution in [0.25, 0.3) is 0 Å². The molecule has 0 spiro atoms. The van der Waals surface area contributed by atoms with Crippen molar-refractivity contribution in [2.75, 3.05) is 35.0 Å². The monoisotopic (exact) mass is 518 g/mol. The van der Waals surface area contributed by atoms with Crippen LogP contribution in [0.3, 0.4) is 0 Å². The molecule has 0 aromatic heterocycles. The van der Waals surface area contributed by atoms with E-state index in [1.807, 2.05) is 56.3 Å². The lowest BCUT2D eigenvalue weighted by Crippen LogP contribution is -2.47. The Morgan fingerprint density at radius 3 is 2.13 bits per heavy atom. The summed E-state index contributed by atoms with van der Waals surface area (Å²) in [5.41, 5.74) is 4.37. The topological polar surface area (TPSA) is 69.3 Å². The number of nitrogens with zero attached hydrogens (tertiary/aromatic N) is 1. The zero-order valence-electron chi connectivity index (χ0n) is 23.1. The maximum absolute atomic E-state index is 13.7. The third-order valence-electron chi connectivity index (χ3n) is 7.05. The number of carbonyl (C=O) groups is 1. The van der Waals surface area contributed by atoms with E-state index < -0.39 is 6.04 Å². The van der Waals surface area contributed by atoms with Gasteiger partial charge in [0.15, 0.2) is 23.0 Å². The number of amides is 1. The summed E-state index contributed by atoms with van der Waals surface area (Å²) in [6.45, 7) is 4.69. The summed E-state index contributed by atoms with van der Waals surface area (Å²) in [4.78, 5) is 16.1. The van der Waals surface area contributed by atoms with Crippen molar-refractivity contribution in [1.29, 1.82) is 0 Å². The van der Waals surface area contributed by atoms with Crippen LogP contribution >= 0.6 is 0 Å². The largest absolute Gasteiger partial charge is 0.493 e. The van der Waals surface area contributed by atoms with Crippen LogP contribution in [0.15, 0.2) is 60.7 Å². The van der Waals surface area contributed by atoms with Crippen molar-refractivity contribution in [1.82, 2.24) is 10.2 Å². The van der Waals surface area contributed by atoms with Gasteiger partial charge in [-0.25, -0.2) is 0 Å². The molecule has 1 amide bonds. The third-order valence-corrected chi connectivity index (χ3v) is 7.05. The molecule has 0 saturated heterocycles. The number of rotatable bonds is 10. The minimum Gasteiger partial charge on any atom is -0.493 e. The number of hydrogen-bond acceptors (Lipinski definition) is 6. The first-order valence-corrected chi connectivity index (χ1v) is 13.0. The van der Waals surface area contributed by atoms with Crippen molar-refractivity contribution in [3.8, 4) is 23.0 Å². The lowest BCUT2D eigenvalue weighted by molar-refractivity contribution is -0.128. The van der Waals surface area contributed by atoms with Gasteiger partial charge in [-0.15, -0.1) is 0 Å². The lowest BCUT2D eigenvalue weighted by Gasteiger charge is -2.42. The Balaban J connectivity index is 1.85. The summed E-state index contributed by atoms with van der Waals surface area (Å²) in [6.07, 6.45) is 1.46. The quantitative estimate of drug-likeness (QED) is 0.401. The number of benzene rings is 3. The van der Waals surface area contributed by atoms with Crippen LogP contribution in [0.2, 0.25) is 0 Å². The fourth-order valence-electron chi connectivity index (χ4n) is 5.31. The van der Waals surface area contributed by atoms with Crippen LogP contribution in [0, 0.1) is 0 Å². The molecule has 0 saturated carbocycles. The summed E-state index contributed by atoms with van der Waals surface area (Å²) in [5.74, 6) is 2.74. The van der Waals surface area contributed by atoms with E-state index >= 15 is 0 Å². The van der Waals surface area contributed by atoms with Crippen LogP contribution in [0.5, 0.6) is 23.0 Å². The van der Waals surface area contributed by atoms with Crippen molar-refractivity contribution in [3.63, 3.8) is 0 Å². The maximum Gasteiger partial charge on any atom is 0.242 e. The molecule has 1 aliphatic heterocycles. The van der Waals surface area contributed by atoms with E-state index in [9.17, 15) is 4.79 Å². The number of methoxy groups -OCH3 is 4. The molecule has 0 unspecified atom stereocenters. The van der Waals surface area contributed by atoms with Crippen LogP contribution < -0.4 is 24.3 Å². The molecule has 7 nitrogen and oxygen atoms in total. The summed E-state index contributed by atoms with van der Waals surface area (Å²) < 4.78 is 22.3. The molecule has 1 heterocycles. The fraction of sp³-hybridized carbons (Fsp3) is 0.387. The zero-order chi connectivity index (χ0) is 27.2. The smallest absolute Gasteiger partial charge is 0.242 e. The highest BCUT2D eigenvalue weighted by atomic mass is 16.5. The summed E-state index contributed by atoms with van der Waals surface area (Å²) >= 11 is 0. The Kier molecular flexibility index (Phi) is 8.79. The van der Waals surface area contributed by atoms with E-state index in [-0.39, 0.29) is 18.0 Å². The van der Waals surface area contributed by atoms with Gasteiger partial charge in [-0.2, -0.15) is 0 Å². The molecule has 0 fully saturated rings. The van der Waals surface area contributed by atoms with Gasteiger partial charge in [-0.1, -0.05) is 36.4 Å². The molecule has 2 atom stereocenters. The molecular weight excluding hydrogens is 480 g/mol. The summed E-state index contributed by atoms with van der Waals surface area (Å²) in [5, 5.41) is 3.16. The fourth-order valence-corrected chi connectivity index (χ4v) is 5.31. The van der Waals surface area contributed by atoms with Crippen molar-refractivity contribution < 1.29 is 23.7 Å². The van der Waals surface area contributed by atoms with Crippen LogP contribution in [-0.2, 0) is 17.6 Å². The normalized spacial score (nSPS) is 15.9. The molecule has 0 bridgehead atoms. The van der Waals surface area contributed by atoms with Crippen molar-refractivity contribution in [3.05, 3.63) is 82.9 Å². The van der Waals surface area contributed by atoms with Gasteiger partial charge >= 0.3 is 0 Å². The molecule has 202 valence electrons. The first kappa shape index (κ1) is 27.3. The number of fused-ring (bicyclic) bond motifs is 1. The second-order valence-electron chi connectivity index (χ2n) is 9.78. The predicted molar refractivity (Wildman–Crippen MR) is 148 cm³/mol. The second-order valence-corrected chi connectivity index (χ2v) is 9.78. The lowest BCUT2D eigenvalue weighted by atomic mass is 9.86. The highest BCUT2D eigenvalue weighted by Gasteiger charge is 2.38. The molecule has 0 aliphatic carbocycles. The molecular formula is C31H38N2O5. The highest BCUT2D eigenvalue weighted by molar-refractivity contribution is 5.83. The first-order chi connectivity index (χ1) is 18.4. The SMILES string of the molecule is COc1ccc(C[C@@H]2c3cc(OC)c(OC)cc3CCN2[C@@H](C(=O)NC(C)C)c2ccccc2)cc1OC. The number of nitrogens with one attached hydrogen (secondary N) is 1. The van der Waals surface area contributed by atoms with Gasteiger partial charge in [0.25, 0.3) is 0 Å². The van der Waals surface area contributed by atoms with Crippen molar-refractivity contribution in [2.24, 2.45) is 0 Å². The van der Waals surface area contributed by atoms with Gasteiger partial charge in [0.2, 0.25) is 5.91 Å². The number of carbonyl (C=O) groups excluding carboxylic acids is 1.